The zero-order valence-corrected chi connectivity index (χ0v) is 5.51. The molecule has 0 amide bonds. The lowest BCUT2D eigenvalue weighted by Gasteiger charge is -1.92. The van der Waals surface area contributed by atoms with E-state index in [2.05, 4.69) is 0 Å². The molecule has 1 rings (SSSR count). The van der Waals surface area contributed by atoms with Crippen LogP contribution in [0.2, 0.25) is 0 Å². The van der Waals surface area contributed by atoms with Crippen molar-refractivity contribution in [3.63, 3.8) is 0 Å². The summed E-state index contributed by atoms with van der Waals surface area (Å²) in [6.45, 7) is 0.258. The van der Waals surface area contributed by atoms with Crippen molar-refractivity contribution >= 4 is 16.8 Å². The first-order valence-corrected chi connectivity index (χ1v) is 2.96. The second-order valence-corrected chi connectivity index (χ2v) is 2.13. The maximum Gasteiger partial charge on any atom is 0.241 e. The molecule has 0 atom stereocenters. The number of aromatic nitrogens is 1. The minimum atomic E-state index is -0.341. The molecule has 9 heavy (non-hydrogen) atoms. The smallest absolute Gasteiger partial charge is 0.241 e. The van der Waals surface area contributed by atoms with Gasteiger partial charge >= 0.3 is 0 Å². The summed E-state index contributed by atoms with van der Waals surface area (Å²) in [5.41, 5.74) is 0. The molecule has 0 N–H and O–H groups in total. The van der Waals surface area contributed by atoms with E-state index in [9.17, 15) is 4.79 Å². The molecule has 0 aromatic carbocycles. The Kier molecular flexibility index (Phi) is 1.90. The van der Waals surface area contributed by atoms with Crippen molar-refractivity contribution in [2.24, 2.45) is 0 Å². The summed E-state index contributed by atoms with van der Waals surface area (Å²) >= 11 is 5.11. The quantitative estimate of drug-likeness (QED) is 0.572. The fourth-order valence-electron chi connectivity index (χ4n) is 0.619. The van der Waals surface area contributed by atoms with Crippen LogP contribution in [0, 0.1) is 0 Å². The molecule has 0 bridgehead atoms. The van der Waals surface area contributed by atoms with Gasteiger partial charge in [-0.25, -0.2) is 0 Å². The first-order chi connectivity index (χ1) is 4.29. The van der Waals surface area contributed by atoms with Gasteiger partial charge in [0.25, 0.3) is 0 Å². The lowest BCUT2D eigenvalue weighted by Crippen LogP contribution is -2.00. The molecule has 1 aromatic rings. The van der Waals surface area contributed by atoms with Crippen LogP contribution in [0.5, 0.6) is 0 Å². The molecule has 0 unspecified atom stereocenters. The predicted molar refractivity (Wildman–Crippen MR) is 35.3 cm³/mol. The van der Waals surface area contributed by atoms with Gasteiger partial charge in [0.2, 0.25) is 5.24 Å². The Morgan fingerprint density at radius 3 is 2.44 bits per heavy atom. The second kappa shape index (κ2) is 2.69. The van der Waals surface area contributed by atoms with Crippen LogP contribution in [0.1, 0.15) is 0 Å². The average molecular weight is 144 g/mol. The van der Waals surface area contributed by atoms with E-state index in [-0.39, 0.29) is 11.8 Å². The van der Waals surface area contributed by atoms with Crippen LogP contribution >= 0.6 is 11.6 Å². The van der Waals surface area contributed by atoms with E-state index in [1.54, 1.807) is 17.0 Å². The molecule has 0 spiro atoms. The highest BCUT2D eigenvalue weighted by molar-refractivity contribution is 6.63. The summed E-state index contributed by atoms with van der Waals surface area (Å²) < 4.78 is 1.72. The SMILES string of the molecule is O=C(Cl)Cn1cccc1. The molecular formula is C6H6ClNO. The third-order valence-corrected chi connectivity index (χ3v) is 1.09. The third kappa shape index (κ3) is 1.90. The molecule has 0 aliphatic rings. The minimum absolute atomic E-state index is 0.258. The van der Waals surface area contributed by atoms with Gasteiger partial charge in [-0.2, -0.15) is 0 Å². The van der Waals surface area contributed by atoms with Crippen molar-refractivity contribution in [2.75, 3.05) is 0 Å². The Balaban J connectivity index is 2.58. The van der Waals surface area contributed by atoms with Crippen molar-refractivity contribution in [1.29, 1.82) is 0 Å². The first kappa shape index (κ1) is 6.36. The van der Waals surface area contributed by atoms with Crippen LogP contribution < -0.4 is 0 Å². The van der Waals surface area contributed by atoms with Gasteiger partial charge in [-0.05, 0) is 23.7 Å². The molecule has 0 aliphatic carbocycles. The molecule has 1 heterocycles. The highest BCUT2D eigenvalue weighted by Gasteiger charge is 1.93. The highest BCUT2D eigenvalue weighted by atomic mass is 35.5. The topological polar surface area (TPSA) is 22.0 Å². The Hall–Kier alpha value is -0.760. The van der Waals surface area contributed by atoms with Gasteiger partial charge in [0.15, 0.2) is 0 Å². The van der Waals surface area contributed by atoms with Crippen LogP contribution in [0.15, 0.2) is 24.5 Å². The summed E-state index contributed by atoms with van der Waals surface area (Å²) in [5.74, 6) is 0. The minimum Gasteiger partial charge on any atom is -0.346 e. The maximum atomic E-state index is 10.3. The summed E-state index contributed by atoms with van der Waals surface area (Å²) in [5, 5.41) is -0.341. The van der Waals surface area contributed by atoms with Crippen LogP contribution in [0.4, 0.5) is 0 Å². The van der Waals surface area contributed by atoms with Gasteiger partial charge in [-0.1, -0.05) is 0 Å². The highest BCUT2D eigenvalue weighted by Crippen LogP contribution is 1.91. The fraction of sp³-hybridized carbons (Fsp3) is 0.167. The number of nitrogens with zero attached hydrogens (tertiary/aromatic N) is 1. The maximum absolute atomic E-state index is 10.3. The monoisotopic (exact) mass is 143 g/mol. The van der Waals surface area contributed by atoms with Crippen molar-refractivity contribution in [1.82, 2.24) is 4.57 Å². The lowest BCUT2D eigenvalue weighted by atomic mass is 10.7. The van der Waals surface area contributed by atoms with E-state index in [0.29, 0.717) is 0 Å². The summed E-state index contributed by atoms with van der Waals surface area (Å²) in [6, 6.07) is 3.69. The average Bonchev–Trinajstić information content (AvgIpc) is 2.15. The van der Waals surface area contributed by atoms with Crippen molar-refractivity contribution < 1.29 is 4.79 Å². The van der Waals surface area contributed by atoms with E-state index in [1.165, 1.54) is 0 Å². The Bertz CT molecular complexity index is 193. The Morgan fingerprint density at radius 1 is 1.44 bits per heavy atom. The number of carbonyl (C=O) groups excluding carboxylic acids is 1. The third-order valence-electron chi connectivity index (χ3n) is 0.973. The van der Waals surface area contributed by atoms with Crippen molar-refractivity contribution in [3.8, 4) is 0 Å². The predicted octanol–water partition coefficient (Wildman–Crippen LogP) is 1.25. The molecule has 0 saturated heterocycles. The number of halogens is 1. The molecule has 2 nitrogen and oxygen atoms in total. The van der Waals surface area contributed by atoms with Gasteiger partial charge in [-0.15, -0.1) is 0 Å². The number of hydrogen-bond donors (Lipinski definition) is 0. The zero-order chi connectivity index (χ0) is 6.69. The van der Waals surface area contributed by atoms with Gasteiger partial charge in [-0.3, -0.25) is 4.79 Å². The van der Waals surface area contributed by atoms with Gasteiger partial charge in [0.1, 0.15) is 0 Å². The standard InChI is InChI=1S/C6H6ClNO/c7-6(9)5-8-3-1-2-4-8/h1-4H,5H2. The normalized spacial score (nSPS) is 9.44. The first-order valence-electron chi connectivity index (χ1n) is 2.58. The Labute approximate surface area is 58.0 Å². The Morgan fingerprint density at radius 2 is 2.00 bits per heavy atom. The fourth-order valence-corrected chi connectivity index (χ4v) is 0.757. The van der Waals surface area contributed by atoms with E-state index in [1.807, 2.05) is 12.1 Å². The van der Waals surface area contributed by atoms with Crippen LogP contribution in [-0.4, -0.2) is 9.81 Å². The molecule has 0 saturated carbocycles. The molecule has 0 fully saturated rings. The van der Waals surface area contributed by atoms with E-state index >= 15 is 0 Å². The lowest BCUT2D eigenvalue weighted by molar-refractivity contribution is -0.112. The van der Waals surface area contributed by atoms with E-state index in [4.69, 9.17) is 11.6 Å². The van der Waals surface area contributed by atoms with E-state index in [0.717, 1.165) is 0 Å². The molecule has 0 aliphatic heterocycles. The van der Waals surface area contributed by atoms with Crippen LogP contribution in [-0.2, 0) is 11.3 Å². The summed E-state index contributed by atoms with van der Waals surface area (Å²) in [6.07, 6.45) is 3.58. The van der Waals surface area contributed by atoms with Crippen LogP contribution in [0.3, 0.4) is 0 Å². The largest absolute Gasteiger partial charge is 0.346 e. The molecular weight excluding hydrogens is 138 g/mol. The zero-order valence-electron chi connectivity index (χ0n) is 4.75. The van der Waals surface area contributed by atoms with Gasteiger partial charge in [0, 0.05) is 12.4 Å². The van der Waals surface area contributed by atoms with Gasteiger partial charge in [0.05, 0.1) is 6.54 Å². The number of carbonyl (C=O) groups is 1. The van der Waals surface area contributed by atoms with Crippen molar-refractivity contribution in [3.05, 3.63) is 24.5 Å². The molecule has 48 valence electrons. The molecule has 3 heteroatoms. The molecule has 0 radical (unpaired) electrons. The number of rotatable bonds is 2. The van der Waals surface area contributed by atoms with E-state index < -0.39 is 0 Å². The number of hydrogen-bond acceptors (Lipinski definition) is 1. The van der Waals surface area contributed by atoms with Gasteiger partial charge < -0.3 is 4.57 Å². The van der Waals surface area contributed by atoms with Crippen molar-refractivity contribution in [2.45, 2.75) is 6.54 Å². The molecule has 1 aromatic heterocycles. The van der Waals surface area contributed by atoms with Crippen LogP contribution in [0.25, 0.3) is 0 Å². The summed E-state index contributed by atoms with van der Waals surface area (Å²) in [7, 11) is 0. The summed E-state index contributed by atoms with van der Waals surface area (Å²) in [4.78, 5) is 10.3. The second-order valence-electron chi connectivity index (χ2n) is 1.71.